The molecule has 50 valence electrons. The maximum Gasteiger partial charge on any atom is 0.214 e. The first-order chi connectivity index (χ1) is 4.22. The van der Waals surface area contributed by atoms with Crippen LogP contribution in [0.2, 0.25) is 0 Å². The fourth-order valence-corrected chi connectivity index (χ4v) is 0.944. The molecule has 1 unspecified atom stereocenters. The first-order valence-electron chi connectivity index (χ1n) is 3.04. The molecule has 0 aromatic rings. The molecule has 1 aliphatic carbocycles. The van der Waals surface area contributed by atoms with Gasteiger partial charge in [0.15, 0.2) is 5.78 Å². The molecule has 3 nitrogen and oxygen atoms in total. The summed E-state index contributed by atoms with van der Waals surface area (Å²) in [6.07, 6.45) is 1.84. The molecule has 0 aromatic carbocycles. The van der Waals surface area contributed by atoms with Crippen molar-refractivity contribution >= 4 is 11.6 Å². The summed E-state index contributed by atoms with van der Waals surface area (Å²) in [5.41, 5.74) is 5.30. The van der Waals surface area contributed by atoms with Crippen LogP contribution in [0.5, 0.6) is 0 Å². The van der Waals surface area contributed by atoms with E-state index in [0.29, 0.717) is 12.8 Å². The van der Waals surface area contributed by atoms with Crippen LogP contribution in [-0.4, -0.2) is 17.6 Å². The third-order valence-electron chi connectivity index (χ3n) is 1.53. The van der Waals surface area contributed by atoms with E-state index in [-0.39, 0.29) is 11.6 Å². The molecule has 0 spiro atoms. The molecule has 2 N–H and O–H groups in total. The van der Waals surface area contributed by atoms with Crippen LogP contribution in [-0.2, 0) is 9.59 Å². The quantitative estimate of drug-likeness (QED) is 0.452. The first-order valence-corrected chi connectivity index (χ1v) is 3.04. The summed E-state index contributed by atoms with van der Waals surface area (Å²) < 4.78 is 0. The van der Waals surface area contributed by atoms with Crippen molar-refractivity contribution < 1.29 is 9.59 Å². The zero-order valence-electron chi connectivity index (χ0n) is 5.09. The molecule has 1 rings (SSSR count). The van der Waals surface area contributed by atoms with E-state index in [4.69, 9.17) is 5.73 Å². The van der Waals surface area contributed by atoms with Crippen molar-refractivity contribution in [3.8, 4) is 0 Å². The van der Waals surface area contributed by atoms with Crippen molar-refractivity contribution in [1.82, 2.24) is 0 Å². The van der Waals surface area contributed by atoms with Crippen LogP contribution in [0.25, 0.3) is 0 Å². The smallest absolute Gasteiger partial charge is 0.214 e. The molecule has 0 aliphatic heterocycles. The minimum absolute atomic E-state index is 0.297. The summed E-state index contributed by atoms with van der Waals surface area (Å²) in [5.74, 6) is -0.685. The van der Waals surface area contributed by atoms with Gasteiger partial charge in [-0.2, -0.15) is 0 Å². The van der Waals surface area contributed by atoms with Crippen molar-refractivity contribution in [1.29, 1.82) is 0 Å². The fourth-order valence-electron chi connectivity index (χ4n) is 0.944. The van der Waals surface area contributed by atoms with E-state index in [1.165, 1.54) is 0 Å². The zero-order valence-corrected chi connectivity index (χ0v) is 5.09. The lowest BCUT2D eigenvalue weighted by Gasteiger charge is -2.13. The van der Waals surface area contributed by atoms with Crippen LogP contribution in [0, 0.1) is 0 Å². The van der Waals surface area contributed by atoms with Gasteiger partial charge in [-0.1, -0.05) is 0 Å². The van der Waals surface area contributed by atoms with E-state index < -0.39 is 6.04 Å². The SMILES string of the molecule is NC1CCCC(=O)C1=O. The molecular weight excluding hydrogens is 118 g/mol. The van der Waals surface area contributed by atoms with E-state index in [1.54, 1.807) is 0 Å². The molecule has 0 bridgehead atoms. The Balaban J connectivity index is 2.62. The lowest BCUT2D eigenvalue weighted by molar-refractivity contribution is -0.138. The van der Waals surface area contributed by atoms with Crippen molar-refractivity contribution in [3.63, 3.8) is 0 Å². The Kier molecular flexibility index (Phi) is 1.62. The van der Waals surface area contributed by atoms with Crippen LogP contribution in [0.4, 0.5) is 0 Å². The number of hydrogen-bond donors (Lipinski definition) is 1. The molecule has 0 amide bonds. The van der Waals surface area contributed by atoms with Crippen LogP contribution in [0.15, 0.2) is 0 Å². The van der Waals surface area contributed by atoms with Gasteiger partial charge in [-0.25, -0.2) is 0 Å². The lowest BCUT2D eigenvalue weighted by Crippen LogP contribution is -2.39. The highest BCUT2D eigenvalue weighted by Crippen LogP contribution is 2.08. The van der Waals surface area contributed by atoms with E-state index in [1.807, 2.05) is 0 Å². The minimum atomic E-state index is -0.508. The van der Waals surface area contributed by atoms with Gasteiger partial charge in [-0.3, -0.25) is 9.59 Å². The summed E-state index contributed by atoms with van der Waals surface area (Å²) >= 11 is 0. The number of nitrogens with two attached hydrogens (primary N) is 1. The largest absolute Gasteiger partial charge is 0.321 e. The summed E-state index contributed by atoms with van der Waals surface area (Å²) in [5, 5.41) is 0. The summed E-state index contributed by atoms with van der Waals surface area (Å²) in [6, 6.07) is -0.508. The van der Waals surface area contributed by atoms with Crippen molar-refractivity contribution in [2.45, 2.75) is 25.3 Å². The van der Waals surface area contributed by atoms with Crippen LogP contribution in [0.3, 0.4) is 0 Å². The summed E-state index contributed by atoms with van der Waals surface area (Å²) in [6.45, 7) is 0. The predicted molar refractivity (Wildman–Crippen MR) is 31.8 cm³/mol. The standard InChI is InChI=1S/C6H9NO2/c7-4-2-1-3-5(8)6(4)9/h4H,1-3,7H2. The Morgan fingerprint density at radius 3 is 2.56 bits per heavy atom. The average Bonchev–Trinajstić information content (AvgIpc) is 1.83. The second-order valence-corrected chi connectivity index (χ2v) is 2.29. The number of ketones is 2. The van der Waals surface area contributed by atoms with Crippen molar-refractivity contribution in [2.75, 3.05) is 0 Å². The van der Waals surface area contributed by atoms with Gasteiger partial charge in [0.2, 0.25) is 5.78 Å². The van der Waals surface area contributed by atoms with Crippen molar-refractivity contribution in [3.05, 3.63) is 0 Å². The molecule has 9 heavy (non-hydrogen) atoms. The van der Waals surface area contributed by atoms with Crippen LogP contribution >= 0.6 is 0 Å². The number of Topliss-reactive ketones (excluding diaryl/α,β-unsaturated/α-hetero) is 2. The summed E-state index contributed by atoms with van der Waals surface area (Å²) in [4.78, 5) is 21.2. The third kappa shape index (κ3) is 1.16. The fraction of sp³-hybridized carbons (Fsp3) is 0.667. The Labute approximate surface area is 53.2 Å². The number of carbonyl (C=O) groups is 2. The second kappa shape index (κ2) is 2.27. The number of carbonyl (C=O) groups excluding carboxylic acids is 2. The van der Waals surface area contributed by atoms with Gasteiger partial charge in [-0.05, 0) is 12.8 Å². The molecule has 1 fully saturated rings. The van der Waals surface area contributed by atoms with E-state index in [2.05, 4.69) is 0 Å². The third-order valence-corrected chi connectivity index (χ3v) is 1.53. The van der Waals surface area contributed by atoms with Crippen LogP contribution < -0.4 is 5.73 Å². The highest BCUT2D eigenvalue weighted by molar-refractivity contribution is 6.39. The Morgan fingerprint density at radius 2 is 2.11 bits per heavy atom. The molecule has 0 saturated heterocycles. The molecule has 0 aromatic heterocycles. The summed E-state index contributed by atoms with van der Waals surface area (Å²) in [7, 11) is 0. The number of hydrogen-bond acceptors (Lipinski definition) is 3. The number of rotatable bonds is 0. The minimum Gasteiger partial charge on any atom is -0.321 e. The first kappa shape index (κ1) is 6.42. The highest BCUT2D eigenvalue weighted by Gasteiger charge is 2.25. The predicted octanol–water partition coefficient (Wildman–Crippen LogP) is -0.364. The highest BCUT2D eigenvalue weighted by atomic mass is 16.2. The maximum absolute atomic E-state index is 10.7. The second-order valence-electron chi connectivity index (χ2n) is 2.29. The maximum atomic E-state index is 10.7. The van der Waals surface area contributed by atoms with Gasteiger partial charge in [0.1, 0.15) is 0 Å². The molecule has 3 heteroatoms. The monoisotopic (exact) mass is 127 g/mol. The van der Waals surface area contributed by atoms with Gasteiger partial charge in [0, 0.05) is 6.42 Å². The molecular formula is C6H9NO2. The Bertz CT molecular complexity index is 153. The van der Waals surface area contributed by atoms with Gasteiger partial charge in [0.25, 0.3) is 0 Å². The molecule has 1 aliphatic rings. The van der Waals surface area contributed by atoms with Gasteiger partial charge in [-0.15, -0.1) is 0 Å². The van der Waals surface area contributed by atoms with Crippen molar-refractivity contribution in [2.24, 2.45) is 5.73 Å². The van der Waals surface area contributed by atoms with Gasteiger partial charge < -0.3 is 5.73 Å². The molecule has 0 radical (unpaired) electrons. The van der Waals surface area contributed by atoms with Gasteiger partial charge >= 0.3 is 0 Å². The van der Waals surface area contributed by atoms with Gasteiger partial charge in [0.05, 0.1) is 6.04 Å². The molecule has 1 saturated carbocycles. The van der Waals surface area contributed by atoms with E-state index >= 15 is 0 Å². The Morgan fingerprint density at radius 1 is 1.44 bits per heavy atom. The molecule has 1 atom stereocenters. The van der Waals surface area contributed by atoms with E-state index in [9.17, 15) is 9.59 Å². The normalized spacial score (nSPS) is 28.8. The lowest BCUT2D eigenvalue weighted by atomic mass is 9.94. The van der Waals surface area contributed by atoms with E-state index in [0.717, 1.165) is 6.42 Å². The topological polar surface area (TPSA) is 60.2 Å². The molecule has 0 heterocycles. The zero-order chi connectivity index (χ0) is 6.85. The van der Waals surface area contributed by atoms with Crippen LogP contribution in [0.1, 0.15) is 19.3 Å². The average molecular weight is 127 g/mol. The Hall–Kier alpha value is -0.700.